The van der Waals surface area contributed by atoms with E-state index in [0.29, 0.717) is 22.4 Å². The van der Waals surface area contributed by atoms with E-state index in [0.717, 1.165) is 42.0 Å². The molecule has 1 aliphatic heterocycles. The average molecular weight is 351 g/mol. The fraction of sp³-hybridized carbons (Fsp3) is 0.529. The maximum Gasteiger partial charge on any atom is 0.264 e. The molecule has 0 radical (unpaired) electrons. The van der Waals surface area contributed by atoms with Crippen LogP contribution in [0.25, 0.3) is 0 Å². The third kappa shape index (κ3) is 2.62. The van der Waals surface area contributed by atoms with Crippen LogP contribution in [0.3, 0.4) is 0 Å². The molecular formula is C17H21NO3S2. The molecule has 23 heavy (non-hydrogen) atoms. The molecule has 1 N–H and O–H groups in total. The Kier molecular flexibility index (Phi) is 4.31. The minimum absolute atomic E-state index is 0.0593. The molecule has 124 valence electrons. The van der Waals surface area contributed by atoms with Crippen LogP contribution in [0.1, 0.15) is 52.3 Å². The van der Waals surface area contributed by atoms with Crippen LogP contribution in [0.4, 0.5) is 0 Å². The highest BCUT2D eigenvalue weighted by atomic mass is 32.2. The lowest BCUT2D eigenvalue weighted by atomic mass is 9.71. The van der Waals surface area contributed by atoms with Crippen LogP contribution < -0.4 is 0 Å². The van der Waals surface area contributed by atoms with Gasteiger partial charge in [-0.2, -0.15) is 0 Å². The third-order valence-corrected chi connectivity index (χ3v) is 7.04. The quantitative estimate of drug-likeness (QED) is 0.498. The summed E-state index contributed by atoms with van der Waals surface area (Å²) in [7, 11) is 0. The number of carbonyl (C=O) groups is 2. The number of aliphatic hydroxyl groups excluding tert-OH is 1. The van der Waals surface area contributed by atoms with Gasteiger partial charge in [0.15, 0.2) is 5.78 Å². The number of ketones is 1. The van der Waals surface area contributed by atoms with Crippen molar-refractivity contribution in [2.75, 3.05) is 19.3 Å². The molecule has 0 saturated carbocycles. The molecular weight excluding hydrogens is 330 g/mol. The number of aliphatic hydroxyl groups is 1. The van der Waals surface area contributed by atoms with Crippen molar-refractivity contribution in [2.24, 2.45) is 5.41 Å². The van der Waals surface area contributed by atoms with E-state index in [1.165, 1.54) is 23.1 Å². The summed E-state index contributed by atoms with van der Waals surface area (Å²) in [4.78, 5) is 28.3. The highest BCUT2D eigenvalue weighted by Crippen LogP contribution is 2.47. The zero-order valence-corrected chi connectivity index (χ0v) is 15.3. The minimum atomic E-state index is -0.463. The molecule has 0 unspecified atom stereocenters. The summed E-state index contributed by atoms with van der Waals surface area (Å²) in [6, 6.07) is 0. The van der Waals surface area contributed by atoms with E-state index in [4.69, 9.17) is 0 Å². The second kappa shape index (κ2) is 5.98. The molecule has 1 saturated heterocycles. The van der Waals surface area contributed by atoms with Crippen LogP contribution in [0.15, 0.2) is 16.0 Å². The van der Waals surface area contributed by atoms with E-state index in [1.54, 1.807) is 0 Å². The first-order valence-corrected chi connectivity index (χ1v) is 9.83. The third-order valence-electron chi connectivity index (χ3n) is 4.70. The van der Waals surface area contributed by atoms with Gasteiger partial charge in [-0.25, -0.2) is 0 Å². The number of amides is 1. The van der Waals surface area contributed by atoms with E-state index in [1.807, 2.05) is 25.0 Å². The van der Waals surface area contributed by atoms with E-state index in [2.05, 4.69) is 0 Å². The number of likely N-dealkylation sites (tertiary alicyclic amines) is 1. The Bertz CT molecular complexity index is 697. The normalized spacial score (nSPS) is 21.8. The lowest BCUT2D eigenvalue weighted by Crippen LogP contribution is -2.33. The molecule has 0 aromatic carbocycles. The second-order valence-electron chi connectivity index (χ2n) is 6.71. The van der Waals surface area contributed by atoms with Crippen molar-refractivity contribution < 1.29 is 14.7 Å². The zero-order valence-electron chi connectivity index (χ0n) is 13.6. The number of Topliss-reactive ketones (excluding diaryl/α,β-unsaturated/α-hetero) is 1. The lowest BCUT2D eigenvalue weighted by Gasteiger charge is -2.32. The summed E-state index contributed by atoms with van der Waals surface area (Å²) in [6.45, 7) is 5.49. The number of thioether (sulfide) groups is 1. The largest absolute Gasteiger partial charge is 0.515 e. The van der Waals surface area contributed by atoms with Crippen LogP contribution in [0.5, 0.6) is 0 Å². The zero-order chi connectivity index (χ0) is 16.8. The topological polar surface area (TPSA) is 57.6 Å². The molecule has 4 nitrogen and oxygen atoms in total. The number of hydrogen-bond donors (Lipinski definition) is 1. The first-order chi connectivity index (χ1) is 10.9. The maximum atomic E-state index is 12.9. The first-order valence-electron chi connectivity index (χ1n) is 7.79. The van der Waals surface area contributed by atoms with E-state index >= 15 is 0 Å². The van der Waals surface area contributed by atoms with Gasteiger partial charge < -0.3 is 10.0 Å². The molecule has 2 aliphatic rings. The number of fused-ring (bicyclic) bond motifs is 1. The fourth-order valence-electron chi connectivity index (χ4n) is 3.43. The molecule has 1 aromatic rings. The monoisotopic (exact) mass is 351 g/mol. The van der Waals surface area contributed by atoms with Gasteiger partial charge >= 0.3 is 0 Å². The Morgan fingerprint density at radius 1 is 1.35 bits per heavy atom. The van der Waals surface area contributed by atoms with Crippen molar-refractivity contribution in [2.45, 2.75) is 37.3 Å². The average Bonchev–Trinajstić information content (AvgIpc) is 3.13. The van der Waals surface area contributed by atoms with Gasteiger partial charge in [0.05, 0.1) is 20.9 Å². The van der Waals surface area contributed by atoms with Crippen molar-refractivity contribution in [3.8, 4) is 0 Å². The molecule has 1 aliphatic carbocycles. The van der Waals surface area contributed by atoms with Gasteiger partial charge in [-0.15, -0.1) is 23.1 Å². The minimum Gasteiger partial charge on any atom is -0.515 e. The summed E-state index contributed by atoms with van der Waals surface area (Å²) >= 11 is 2.93. The smallest absolute Gasteiger partial charge is 0.264 e. The van der Waals surface area contributed by atoms with Crippen LogP contribution in [-0.2, 0) is 6.42 Å². The molecule has 0 atom stereocenters. The standard InChI is InChI=1S/C17H21NO3S2/c1-17(2)8-10-12(13(20)11(17)9-19)16(22-3)23-14(10)15(21)18-6-4-5-7-18/h9,19H,4-8H2,1-3H3. The number of nitrogens with zero attached hydrogens (tertiary/aromatic N) is 1. The number of hydrogen-bond acceptors (Lipinski definition) is 5. The summed E-state index contributed by atoms with van der Waals surface area (Å²) in [6.07, 6.45) is 5.57. The van der Waals surface area contributed by atoms with E-state index < -0.39 is 5.41 Å². The van der Waals surface area contributed by atoms with Crippen molar-refractivity contribution in [1.82, 2.24) is 4.90 Å². The van der Waals surface area contributed by atoms with Crippen LogP contribution >= 0.6 is 23.1 Å². The van der Waals surface area contributed by atoms with E-state index in [9.17, 15) is 14.7 Å². The van der Waals surface area contributed by atoms with Crippen molar-refractivity contribution in [3.63, 3.8) is 0 Å². The molecule has 0 spiro atoms. The maximum absolute atomic E-state index is 12.9. The van der Waals surface area contributed by atoms with Gasteiger partial charge in [0.25, 0.3) is 5.91 Å². The lowest BCUT2D eigenvalue weighted by molar-refractivity contribution is 0.0796. The predicted octanol–water partition coefficient (Wildman–Crippen LogP) is 3.91. The molecule has 6 heteroatoms. The summed E-state index contributed by atoms with van der Waals surface area (Å²) in [5.41, 5.74) is 1.47. The number of allylic oxidation sites excluding steroid dienone is 1. The Morgan fingerprint density at radius 3 is 2.57 bits per heavy atom. The van der Waals surface area contributed by atoms with E-state index in [-0.39, 0.29) is 11.7 Å². The van der Waals surface area contributed by atoms with Gasteiger partial charge in [0.1, 0.15) is 0 Å². The van der Waals surface area contributed by atoms with Gasteiger partial charge in [-0.3, -0.25) is 9.59 Å². The molecule has 1 fully saturated rings. The van der Waals surface area contributed by atoms with Crippen LogP contribution in [-0.4, -0.2) is 41.0 Å². The first kappa shape index (κ1) is 16.6. The molecule has 2 heterocycles. The Hall–Kier alpha value is -1.27. The van der Waals surface area contributed by atoms with Gasteiger partial charge in [0.2, 0.25) is 0 Å². The highest BCUT2D eigenvalue weighted by Gasteiger charge is 2.42. The molecule has 3 rings (SSSR count). The highest BCUT2D eigenvalue weighted by molar-refractivity contribution is 8.00. The van der Waals surface area contributed by atoms with Gasteiger partial charge in [0, 0.05) is 24.1 Å². The second-order valence-corrected chi connectivity index (χ2v) is 8.80. The van der Waals surface area contributed by atoms with Crippen LogP contribution in [0.2, 0.25) is 0 Å². The molecule has 0 bridgehead atoms. The van der Waals surface area contributed by atoms with Crippen molar-refractivity contribution >= 4 is 34.8 Å². The Balaban J connectivity index is 2.12. The number of rotatable bonds is 2. The van der Waals surface area contributed by atoms with Crippen LogP contribution in [0, 0.1) is 5.41 Å². The summed E-state index contributed by atoms with van der Waals surface area (Å²) in [5.74, 6) is -0.0797. The molecule has 1 amide bonds. The van der Waals surface area contributed by atoms with Gasteiger partial charge in [-0.1, -0.05) is 13.8 Å². The summed E-state index contributed by atoms with van der Waals surface area (Å²) in [5, 5.41) is 9.51. The Labute approximate surface area is 144 Å². The summed E-state index contributed by atoms with van der Waals surface area (Å²) < 4.78 is 0.877. The van der Waals surface area contributed by atoms with Gasteiger partial charge in [-0.05, 0) is 31.1 Å². The van der Waals surface area contributed by atoms with Crippen molar-refractivity contribution in [1.29, 1.82) is 0 Å². The predicted molar refractivity (Wildman–Crippen MR) is 93.8 cm³/mol. The molecule has 1 aromatic heterocycles. The Morgan fingerprint density at radius 2 is 2.00 bits per heavy atom. The SMILES string of the molecule is CSc1sc(C(=O)N2CCCC2)c2c1C(=O)C(=CO)C(C)(C)C2. The van der Waals surface area contributed by atoms with Crippen molar-refractivity contribution in [3.05, 3.63) is 27.8 Å². The number of carbonyl (C=O) groups excluding carboxylic acids is 2. The fourth-order valence-corrected chi connectivity index (χ4v) is 5.45. The number of thiophene rings is 1.